The molecular weight excluding hydrogens is 518 g/mol. The summed E-state index contributed by atoms with van der Waals surface area (Å²) < 4.78 is 58.1. The predicted molar refractivity (Wildman–Crippen MR) is 139 cm³/mol. The zero-order chi connectivity index (χ0) is 27.0. The van der Waals surface area contributed by atoms with Crippen LogP contribution in [0.2, 0.25) is 0 Å². The summed E-state index contributed by atoms with van der Waals surface area (Å²) >= 11 is 0. The molecule has 2 aliphatic carbocycles. The van der Waals surface area contributed by atoms with Crippen molar-refractivity contribution in [2.75, 3.05) is 40.4 Å². The van der Waals surface area contributed by atoms with Crippen LogP contribution >= 0.6 is 0 Å². The number of sulfonamides is 1. The van der Waals surface area contributed by atoms with Gasteiger partial charge in [0.25, 0.3) is 12.0 Å². The van der Waals surface area contributed by atoms with Crippen LogP contribution in [0.4, 0.5) is 26.0 Å². The third kappa shape index (κ3) is 6.24. The first-order chi connectivity index (χ1) is 18.1. The summed E-state index contributed by atoms with van der Waals surface area (Å²) in [5.41, 5.74) is 0.579. The Morgan fingerprint density at radius 1 is 1.11 bits per heavy atom. The fraction of sp³-hybridized carbons (Fsp3) is 0.462. The maximum atomic E-state index is 13.4. The quantitative estimate of drug-likeness (QED) is 0.408. The number of nitrogens with zero attached hydrogens (tertiary/aromatic N) is 2. The number of hydrogen-bond acceptors (Lipinski definition) is 7. The van der Waals surface area contributed by atoms with Crippen LogP contribution in [0, 0.1) is 5.41 Å². The van der Waals surface area contributed by atoms with E-state index in [1.165, 1.54) is 18.9 Å². The van der Waals surface area contributed by atoms with Gasteiger partial charge in [0.1, 0.15) is 11.4 Å². The Morgan fingerprint density at radius 2 is 1.84 bits per heavy atom. The van der Waals surface area contributed by atoms with Crippen LogP contribution in [0.15, 0.2) is 48.6 Å². The van der Waals surface area contributed by atoms with Gasteiger partial charge >= 0.3 is 0 Å². The number of carbonyl (C=O) groups excluding carboxylic acids is 1. The van der Waals surface area contributed by atoms with Gasteiger partial charge in [0.15, 0.2) is 0 Å². The van der Waals surface area contributed by atoms with Crippen LogP contribution in [0.25, 0.3) is 0 Å². The number of pyridine rings is 1. The zero-order valence-corrected chi connectivity index (χ0v) is 21.6. The van der Waals surface area contributed by atoms with E-state index in [9.17, 15) is 22.0 Å². The molecule has 1 aliphatic heterocycles. The number of nitrogens with one attached hydrogen (secondary N) is 2. The summed E-state index contributed by atoms with van der Waals surface area (Å²) in [5.74, 6) is -0.563. The predicted octanol–water partition coefficient (Wildman–Crippen LogP) is 4.14. The first-order valence-corrected chi connectivity index (χ1v) is 14.3. The maximum absolute atomic E-state index is 13.4. The Balaban J connectivity index is 1.37. The molecule has 1 spiro atoms. The van der Waals surface area contributed by atoms with E-state index in [0.717, 1.165) is 32.0 Å². The molecule has 2 saturated carbocycles. The van der Waals surface area contributed by atoms with Crippen molar-refractivity contribution in [2.45, 2.75) is 44.1 Å². The van der Waals surface area contributed by atoms with Crippen molar-refractivity contribution in [1.82, 2.24) is 4.98 Å². The Labute approximate surface area is 219 Å². The number of carbonyl (C=O) groups is 1. The highest BCUT2D eigenvalue weighted by Crippen LogP contribution is 2.54. The van der Waals surface area contributed by atoms with Crippen LogP contribution in [-0.2, 0) is 10.0 Å². The topological polar surface area (TPSA) is 121 Å². The Morgan fingerprint density at radius 3 is 2.47 bits per heavy atom. The van der Waals surface area contributed by atoms with Gasteiger partial charge < -0.3 is 20.1 Å². The van der Waals surface area contributed by atoms with E-state index < -0.39 is 40.0 Å². The number of benzene rings is 1. The van der Waals surface area contributed by atoms with Gasteiger partial charge in [-0.1, -0.05) is 6.07 Å². The van der Waals surface area contributed by atoms with Gasteiger partial charge in [-0.15, -0.1) is 0 Å². The SMILES string of the molecule is O=C(Nc1cccc(OC2(C=C(F)F)CC2)n1)c1ccc(NS(=O)(=O)CCO)cc1N1CCC2(CC1)CC2. The fourth-order valence-corrected chi connectivity index (χ4v) is 5.66. The number of anilines is 3. The minimum absolute atomic E-state index is 0.123. The lowest BCUT2D eigenvalue weighted by atomic mass is 9.93. The molecule has 9 nitrogen and oxygen atoms in total. The molecule has 1 amide bonds. The third-order valence-corrected chi connectivity index (χ3v) is 8.65. The largest absolute Gasteiger partial charge is 0.467 e. The van der Waals surface area contributed by atoms with Crippen molar-refractivity contribution in [3.63, 3.8) is 0 Å². The number of aliphatic hydroxyl groups excluding tert-OH is 1. The van der Waals surface area contributed by atoms with E-state index >= 15 is 0 Å². The molecule has 3 N–H and O–H groups in total. The van der Waals surface area contributed by atoms with E-state index in [4.69, 9.17) is 9.84 Å². The molecule has 1 aromatic heterocycles. The van der Waals surface area contributed by atoms with E-state index in [1.807, 2.05) is 0 Å². The average Bonchev–Trinajstić information content (AvgIpc) is 3.78. The average molecular weight is 549 g/mol. The molecule has 3 fully saturated rings. The van der Waals surface area contributed by atoms with E-state index in [0.29, 0.717) is 35.2 Å². The van der Waals surface area contributed by atoms with Gasteiger partial charge in [0.2, 0.25) is 15.9 Å². The summed E-state index contributed by atoms with van der Waals surface area (Å²) in [5, 5.41) is 11.8. The van der Waals surface area contributed by atoms with Gasteiger partial charge in [0, 0.05) is 25.2 Å². The number of amides is 1. The number of piperidine rings is 1. The Hall–Kier alpha value is -3.25. The van der Waals surface area contributed by atoms with Crippen molar-refractivity contribution < 1.29 is 31.8 Å². The molecule has 0 atom stereocenters. The van der Waals surface area contributed by atoms with Crippen molar-refractivity contribution in [2.24, 2.45) is 5.41 Å². The second kappa shape index (κ2) is 10.1. The molecule has 0 unspecified atom stereocenters. The first-order valence-electron chi connectivity index (χ1n) is 12.6. The molecule has 38 heavy (non-hydrogen) atoms. The van der Waals surface area contributed by atoms with Crippen molar-refractivity contribution in [3.8, 4) is 5.88 Å². The number of aliphatic hydroxyl groups is 1. The van der Waals surface area contributed by atoms with E-state index in [2.05, 4.69) is 19.9 Å². The summed E-state index contributed by atoms with van der Waals surface area (Å²) in [6, 6.07) is 9.42. The summed E-state index contributed by atoms with van der Waals surface area (Å²) in [7, 11) is -3.74. The fourth-order valence-electron chi connectivity index (χ4n) is 4.83. The highest BCUT2D eigenvalue weighted by molar-refractivity contribution is 7.92. The highest BCUT2D eigenvalue weighted by atomic mass is 32.2. The second-order valence-corrected chi connectivity index (χ2v) is 12.1. The number of hydrogen-bond donors (Lipinski definition) is 3. The van der Waals surface area contributed by atoms with Crippen molar-refractivity contribution in [1.29, 1.82) is 0 Å². The number of ether oxygens (including phenoxy) is 1. The maximum Gasteiger partial charge on any atom is 0.270 e. The van der Waals surface area contributed by atoms with Crippen molar-refractivity contribution in [3.05, 3.63) is 54.1 Å². The standard InChI is InChI=1S/C26H30F2N4O5S/c27-21(28)17-26(8-9-26)37-23-3-1-2-22(29-23)30-24(34)19-5-4-18(31-38(35,36)15-14-33)16-20(19)32-12-10-25(6-7-25)11-13-32/h1-5,16-17,31,33H,6-15H2,(H,29,30,34). The smallest absolute Gasteiger partial charge is 0.270 e. The summed E-state index contributed by atoms with van der Waals surface area (Å²) in [6.45, 7) is 0.984. The van der Waals surface area contributed by atoms with Gasteiger partial charge in [0.05, 0.1) is 29.3 Å². The minimum Gasteiger partial charge on any atom is -0.467 e. The molecule has 1 aromatic carbocycles. The van der Waals surface area contributed by atoms with Crippen LogP contribution < -0.4 is 19.7 Å². The molecule has 0 radical (unpaired) electrons. The monoisotopic (exact) mass is 548 g/mol. The van der Waals surface area contributed by atoms with Crippen LogP contribution in [-0.4, -0.2) is 55.5 Å². The molecule has 2 heterocycles. The lowest BCUT2D eigenvalue weighted by Crippen LogP contribution is -2.35. The van der Waals surface area contributed by atoms with Gasteiger partial charge in [-0.2, -0.15) is 13.8 Å². The summed E-state index contributed by atoms with van der Waals surface area (Å²) in [4.78, 5) is 19.7. The van der Waals surface area contributed by atoms with Crippen LogP contribution in [0.5, 0.6) is 5.88 Å². The van der Waals surface area contributed by atoms with Crippen LogP contribution in [0.1, 0.15) is 48.9 Å². The molecule has 12 heteroatoms. The molecule has 0 bridgehead atoms. The zero-order valence-electron chi connectivity index (χ0n) is 20.8. The van der Waals surface area contributed by atoms with Crippen molar-refractivity contribution >= 4 is 33.1 Å². The molecular formula is C26H30F2N4O5S. The molecule has 204 valence electrons. The van der Waals surface area contributed by atoms with Gasteiger partial charge in [-0.05, 0) is 68.2 Å². The highest BCUT2D eigenvalue weighted by Gasteiger charge is 2.45. The van der Waals surface area contributed by atoms with Gasteiger partial charge in [-0.3, -0.25) is 9.52 Å². The molecule has 3 aliphatic rings. The third-order valence-electron chi connectivity index (χ3n) is 7.39. The van der Waals surface area contributed by atoms with Crippen LogP contribution in [0.3, 0.4) is 0 Å². The molecule has 2 aromatic rings. The Bertz CT molecular complexity index is 1350. The number of aromatic nitrogens is 1. The van der Waals surface area contributed by atoms with Gasteiger partial charge in [-0.25, -0.2) is 8.42 Å². The molecule has 1 saturated heterocycles. The lowest BCUT2D eigenvalue weighted by molar-refractivity contribution is 0.102. The minimum atomic E-state index is -3.74. The Kier molecular flexibility index (Phi) is 7.03. The van der Waals surface area contributed by atoms with E-state index in [1.54, 1.807) is 30.3 Å². The number of rotatable bonds is 10. The lowest BCUT2D eigenvalue weighted by Gasteiger charge is -2.35. The second-order valence-electron chi connectivity index (χ2n) is 10.3. The first kappa shape index (κ1) is 26.4. The molecule has 5 rings (SSSR count). The van der Waals surface area contributed by atoms with E-state index in [-0.39, 0.29) is 11.7 Å². The normalized spacial score (nSPS) is 19.0. The summed E-state index contributed by atoms with van der Waals surface area (Å²) in [6.07, 6.45) is 4.33. The number of halogens is 2.